The maximum atomic E-state index is 12.7. The number of likely N-dealkylation sites (N-methyl/N-ethyl adjacent to an activating group) is 1. The van der Waals surface area contributed by atoms with Gasteiger partial charge in [0.25, 0.3) is 5.91 Å². The number of carbonyl (C=O) groups is 1. The predicted octanol–water partition coefficient (Wildman–Crippen LogP) is 0.526. The van der Waals surface area contributed by atoms with Gasteiger partial charge in [0, 0.05) is 19.6 Å². The lowest BCUT2D eigenvalue weighted by molar-refractivity contribution is -0.133. The van der Waals surface area contributed by atoms with Gasteiger partial charge in [0.05, 0.1) is 18.5 Å². The second-order valence-electron chi connectivity index (χ2n) is 3.68. The van der Waals surface area contributed by atoms with Gasteiger partial charge >= 0.3 is 0 Å². The molecule has 0 N–H and O–H groups in total. The van der Waals surface area contributed by atoms with Crippen LogP contribution in [-0.2, 0) is 4.79 Å². The molecule has 15 heavy (non-hydrogen) atoms. The third kappa shape index (κ3) is 2.77. The van der Waals surface area contributed by atoms with Gasteiger partial charge in [-0.3, -0.25) is 4.79 Å². The Bertz CT molecular complexity index is 310. The maximum absolute atomic E-state index is 12.7. The fourth-order valence-corrected chi connectivity index (χ4v) is 1.71. The summed E-state index contributed by atoms with van der Waals surface area (Å²) in [7, 11) is 1.91. The van der Waals surface area contributed by atoms with Gasteiger partial charge in [-0.1, -0.05) is 6.58 Å². The Morgan fingerprint density at radius 1 is 1.67 bits per heavy atom. The molecule has 0 radical (unpaired) electrons. The molecule has 5 heteroatoms. The third-order valence-electron chi connectivity index (χ3n) is 2.51. The van der Waals surface area contributed by atoms with E-state index >= 15 is 0 Å². The van der Waals surface area contributed by atoms with E-state index in [9.17, 15) is 9.18 Å². The highest BCUT2D eigenvalue weighted by molar-refractivity contribution is 5.90. The van der Waals surface area contributed by atoms with Crippen molar-refractivity contribution < 1.29 is 9.18 Å². The SMILES string of the molecule is C=C(F)C(=O)N1CCN(C)C[C@H]1CC#N. The van der Waals surface area contributed by atoms with E-state index in [1.54, 1.807) is 0 Å². The van der Waals surface area contributed by atoms with Crippen molar-refractivity contribution in [1.29, 1.82) is 5.26 Å². The van der Waals surface area contributed by atoms with Crippen molar-refractivity contribution in [3.63, 3.8) is 0 Å². The monoisotopic (exact) mass is 211 g/mol. The number of hydrogen-bond acceptors (Lipinski definition) is 3. The maximum Gasteiger partial charge on any atom is 0.282 e. The average Bonchev–Trinajstić information content (AvgIpc) is 2.17. The van der Waals surface area contributed by atoms with Gasteiger partial charge in [-0.05, 0) is 7.05 Å². The summed E-state index contributed by atoms with van der Waals surface area (Å²) in [4.78, 5) is 14.8. The minimum Gasteiger partial charge on any atom is -0.330 e. The topological polar surface area (TPSA) is 47.3 Å². The molecule has 1 amide bonds. The summed E-state index contributed by atoms with van der Waals surface area (Å²) in [5.74, 6) is -1.65. The summed E-state index contributed by atoms with van der Waals surface area (Å²) >= 11 is 0. The van der Waals surface area contributed by atoms with Crippen molar-refractivity contribution in [3.05, 3.63) is 12.4 Å². The zero-order valence-electron chi connectivity index (χ0n) is 8.74. The standard InChI is InChI=1S/C10H14FN3O/c1-8(11)10(15)14-6-5-13(2)7-9(14)3-4-12/h9H,1,3,5-7H2,2H3/t9-/m1/s1. The summed E-state index contributed by atoms with van der Waals surface area (Å²) in [6.45, 7) is 4.74. The van der Waals surface area contributed by atoms with Crippen LogP contribution in [0.3, 0.4) is 0 Å². The van der Waals surface area contributed by atoms with Crippen molar-refractivity contribution in [1.82, 2.24) is 9.80 Å². The van der Waals surface area contributed by atoms with E-state index in [2.05, 4.69) is 6.58 Å². The number of nitrogens with zero attached hydrogens (tertiary/aromatic N) is 3. The predicted molar refractivity (Wildman–Crippen MR) is 53.5 cm³/mol. The minimum atomic E-state index is -0.956. The molecule has 0 saturated carbocycles. The molecule has 1 atom stereocenters. The number of halogens is 1. The van der Waals surface area contributed by atoms with Gasteiger partial charge in [0.15, 0.2) is 5.83 Å². The zero-order chi connectivity index (χ0) is 11.4. The van der Waals surface area contributed by atoms with Crippen LogP contribution in [0.25, 0.3) is 0 Å². The Labute approximate surface area is 88.6 Å². The number of amides is 1. The van der Waals surface area contributed by atoms with Crippen LogP contribution in [0.2, 0.25) is 0 Å². The molecule has 0 aromatic heterocycles. The summed E-state index contributed by atoms with van der Waals surface area (Å²) < 4.78 is 12.7. The van der Waals surface area contributed by atoms with Crippen LogP contribution < -0.4 is 0 Å². The van der Waals surface area contributed by atoms with E-state index in [1.165, 1.54) is 4.90 Å². The first-order valence-electron chi connectivity index (χ1n) is 4.77. The molecule has 1 heterocycles. The smallest absolute Gasteiger partial charge is 0.282 e. The highest BCUT2D eigenvalue weighted by Crippen LogP contribution is 2.14. The first-order chi connectivity index (χ1) is 7.06. The van der Waals surface area contributed by atoms with Gasteiger partial charge in [-0.15, -0.1) is 0 Å². The van der Waals surface area contributed by atoms with Crippen LogP contribution >= 0.6 is 0 Å². The molecule has 1 fully saturated rings. The second kappa shape index (κ2) is 4.89. The highest BCUT2D eigenvalue weighted by Gasteiger charge is 2.29. The number of piperazine rings is 1. The number of hydrogen-bond donors (Lipinski definition) is 0. The lowest BCUT2D eigenvalue weighted by Crippen LogP contribution is -2.54. The van der Waals surface area contributed by atoms with E-state index in [0.29, 0.717) is 19.6 Å². The van der Waals surface area contributed by atoms with E-state index in [1.807, 2.05) is 18.0 Å². The molecular weight excluding hydrogens is 197 g/mol. The first kappa shape index (κ1) is 11.7. The minimum absolute atomic E-state index is 0.226. The van der Waals surface area contributed by atoms with E-state index < -0.39 is 11.7 Å². The molecule has 0 unspecified atom stereocenters. The Morgan fingerprint density at radius 2 is 2.33 bits per heavy atom. The fraction of sp³-hybridized carbons (Fsp3) is 0.600. The average molecular weight is 211 g/mol. The molecule has 0 aliphatic carbocycles. The first-order valence-corrected chi connectivity index (χ1v) is 4.77. The Hall–Kier alpha value is -1.41. The fourth-order valence-electron chi connectivity index (χ4n) is 1.71. The lowest BCUT2D eigenvalue weighted by Gasteiger charge is -2.38. The lowest BCUT2D eigenvalue weighted by atomic mass is 10.1. The zero-order valence-corrected chi connectivity index (χ0v) is 8.74. The van der Waals surface area contributed by atoms with Crippen LogP contribution in [-0.4, -0.2) is 48.4 Å². The summed E-state index contributed by atoms with van der Waals surface area (Å²) in [5, 5.41) is 8.62. The van der Waals surface area contributed by atoms with Crippen LogP contribution in [0.5, 0.6) is 0 Å². The second-order valence-corrected chi connectivity index (χ2v) is 3.68. The molecule has 1 rings (SSSR count). The van der Waals surface area contributed by atoms with Gasteiger partial charge in [0.2, 0.25) is 0 Å². The Kier molecular flexibility index (Phi) is 3.81. The largest absolute Gasteiger partial charge is 0.330 e. The van der Waals surface area contributed by atoms with Crippen molar-refractivity contribution >= 4 is 5.91 Å². The quantitative estimate of drug-likeness (QED) is 0.626. The van der Waals surface area contributed by atoms with E-state index in [4.69, 9.17) is 5.26 Å². The molecule has 1 saturated heterocycles. The van der Waals surface area contributed by atoms with E-state index in [0.717, 1.165) is 0 Å². The van der Waals surface area contributed by atoms with Gasteiger partial charge in [-0.2, -0.15) is 5.26 Å². The molecule has 0 bridgehead atoms. The van der Waals surface area contributed by atoms with Crippen molar-refractivity contribution in [3.8, 4) is 6.07 Å². The molecule has 1 aliphatic rings. The normalized spacial score (nSPS) is 22.2. The Morgan fingerprint density at radius 3 is 2.87 bits per heavy atom. The van der Waals surface area contributed by atoms with Crippen LogP contribution in [0, 0.1) is 11.3 Å². The molecule has 4 nitrogen and oxygen atoms in total. The summed E-state index contributed by atoms with van der Waals surface area (Å²) in [5.41, 5.74) is 0. The van der Waals surface area contributed by atoms with Crippen LogP contribution in [0.1, 0.15) is 6.42 Å². The third-order valence-corrected chi connectivity index (χ3v) is 2.51. The molecule has 0 aromatic carbocycles. The molecule has 82 valence electrons. The molecule has 0 aromatic rings. The van der Waals surface area contributed by atoms with Crippen LogP contribution in [0.15, 0.2) is 12.4 Å². The molecular formula is C10H14FN3O. The van der Waals surface area contributed by atoms with Crippen molar-refractivity contribution in [2.24, 2.45) is 0 Å². The summed E-state index contributed by atoms with van der Waals surface area (Å²) in [6, 6.07) is 1.78. The number of nitriles is 1. The van der Waals surface area contributed by atoms with Gasteiger partial charge in [-0.25, -0.2) is 4.39 Å². The molecule has 1 aliphatic heterocycles. The van der Waals surface area contributed by atoms with Crippen molar-refractivity contribution in [2.75, 3.05) is 26.7 Å². The van der Waals surface area contributed by atoms with E-state index in [-0.39, 0.29) is 12.5 Å². The summed E-state index contributed by atoms with van der Waals surface area (Å²) in [6.07, 6.45) is 0.226. The van der Waals surface area contributed by atoms with Gasteiger partial charge < -0.3 is 9.80 Å². The number of carbonyl (C=O) groups excluding carboxylic acids is 1. The molecule has 0 spiro atoms. The van der Waals surface area contributed by atoms with Crippen molar-refractivity contribution in [2.45, 2.75) is 12.5 Å². The highest BCUT2D eigenvalue weighted by atomic mass is 19.1. The van der Waals surface area contributed by atoms with Gasteiger partial charge in [0.1, 0.15) is 0 Å². The van der Waals surface area contributed by atoms with Crippen LogP contribution in [0.4, 0.5) is 4.39 Å². The number of rotatable bonds is 2. The Balaban J connectivity index is 2.73.